The summed E-state index contributed by atoms with van der Waals surface area (Å²) in [7, 11) is 3.31. The topological polar surface area (TPSA) is 67.7 Å². The fourth-order valence-corrected chi connectivity index (χ4v) is 2.48. The van der Waals surface area contributed by atoms with Crippen LogP contribution in [0.15, 0.2) is 12.5 Å². The molecular formula is C14H22N4O3. The van der Waals surface area contributed by atoms with Crippen LogP contribution in [0.2, 0.25) is 0 Å². The molecule has 2 heterocycles. The lowest BCUT2D eigenvalue weighted by molar-refractivity contribution is -0.159. The average Bonchev–Trinajstić information content (AvgIpc) is 2.92. The zero-order valence-corrected chi connectivity index (χ0v) is 12.9. The van der Waals surface area contributed by atoms with Crippen molar-refractivity contribution >= 4 is 11.8 Å². The zero-order valence-electron chi connectivity index (χ0n) is 12.9. The van der Waals surface area contributed by atoms with Gasteiger partial charge in [0.15, 0.2) is 0 Å². The first-order valence-corrected chi connectivity index (χ1v) is 7.02. The van der Waals surface area contributed by atoms with Crippen molar-refractivity contribution in [3.8, 4) is 0 Å². The van der Waals surface area contributed by atoms with Gasteiger partial charge < -0.3 is 19.1 Å². The van der Waals surface area contributed by atoms with E-state index in [9.17, 15) is 9.59 Å². The number of aromatic nitrogens is 2. The molecule has 1 aromatic heterocycles. The summed E-state index contributed by atoms with van der Waals surface area (Å²) in [6, 6.07) is -0.881. The molecule has 0 radical (unpaired) electrons. The van der Waals surface area contributed by atoms with Crippen molar-refractivity contribution in [1.29, 1.82) is 0 Å². The normalized spacial score (nSPS) is 23.0. The Hall–Kier alpha value is -1.89. The minimum atomic E-state index is -0.454. The maximum absolute atomic E-state index is 12.4. The van der Waals surface area contributed by atoms with Crippen LogP contribution < -0.4 is 0 Å². The summed E-state index contributed by atoms with van der Waals surface area (Å²) >= 11 is 0. The summed E-state index contributed by atoms with van der Waals surface area (Å²) in [4.78, 5) is 31.8. The highest BCUT2D eigenvalue weighted by molar-refractivity contribution is 5.96. The number of hydrogen-bond donors (Lipinski definition) is 0. The second-order valence-electron chi connectivity index (χ2n) is 5.34. The van der Waals surface area contributed by atoms with E-state index in [1.54, 1.807) is 45.4 Å². The van der Waals surface area contributed by atoms with Gasteiger partial charge in [-0.05, 0) is 13.8 Å². The summed E-state index contributed by atoms with van der Waals surface area (Å²) in [6.07, 6.45) is 3.44. The van der Waals surface area contributed by atoms with E-state index in [1.165, 1.54) is 4.90 Å². The molecule has 0 spiro atoms. The first kappa shape index (κ1) is 15.5. The maximum atomic E-state index is 12.4. The van der Waals surface area contributed by atoms with Crippen molar-refractivity contribution < 1.29 is 14.3 Å². The highest BCUT2D eigenvalue weighted by Crippen LogP contribution is 2.19. The van der Waals surface area contributed by atoms with E-state index in [-0.39, 0.29) is 11.8 Å². The van der Waals surface area contributed by atoms with Gasteiger partial charge >= 0.3 is 0 Å². The Morgan fingerprint density at radius 3 is 2.62 bits per heavy atom. The van der Waals surface area contributed by atoms with Crippen LogP contribution in [0.1, 0.15) is 19.5 Å². The van der Waals surface area contributed by atoms with Gasteiger partial charge in [-0.25, -0.2) is 4.98 Å². The van der Waals surface area contributed by atoms with Gasteiger partial charge in [-0.1, -0.05) is 0 Å². The molecule has 0 aromatic carbocycles. The number of ether oxygens (including phenoxy) is 1. The molecule has 0 bridgehead atoms. The Kier molecular flexibility index (Phi) is 4.62. The molecule has 1 fully saturated rings. The van der Waals surface area contributed by atoms with E-state index >= 15 is 0 Å². The summed E-state index contributed by atoms with van der Waals surface area (Å²) in [5, 5.41) is 0. The molecule has 2 atom stereocenters. The first-order valence-electron chi connectivity index (χ1n) is 7.02. The highest BCUT2D eigenvalue weighted by atomic mass is 16.5. The number of hydrogen-bond acceptors (Lipinski definition) is 4. The quantitative estimate of drug-likeness (QED) is 0.773. The van der Waals surface area contributed by atoms with E-state index in [2.05, 4.69) is 4.98 Å². The molecule has 0 saturated carbocycles. The van der Waals surface area contributed by atoms with Crippen molar-refractivity contribution in [3.05, 3.63) is 18.2 Å². The molecule has 1 aliphatic rings. The zero-order chi connectivity index (χ0) is 15.6. The third-order valence-corrected chi connectivity index (χ3v) is 4.06. The number of rotatable bonds is 5. The van der Waals surface area contributed by atoms with Crippen LogP contribution in [-0.4, -0.2) is 64.0 Å². The van der Waals surface area contributed by atoms with Crippen LogP contribution in [0.5, 0.6) is 0 Å². The molecule has 1 saturated heterocycles. The highest BCUT2D eigenvalue weighted by Gasteiger charge is 2.39. The molecule has 0 unspecified atom stereocenters. The van der Waals surface area contributed by atoms with Crippen LogP contribution in [-0.2, 0) is 27.4 Å². The standard InChI is InChI=1S/C14H22N4O3/c1-10-14(20)18(11(2)13(19)16(10)3)8-12-7-15-9-17(12)5-6-21-4/h7,9-11H,5-6,8H2,1-4H3/t10-,11-/m0/s1. The van der Waals surface area contributed by atoms with E-state index in [1.807, 2.05) is 4.57 Å². The Balaban J connectivity index is 2.16. The number of carbonyl (C=O) groups is 2. The van der Waals surface area contributed by atoms with Gasteiger partial charge in [-0.15, -0.1) is 0 Å². The van der Waals surface area contributed by atoms with E-state index in [0.717, 1.165) is 5.69 Å². The van der Waals surface area contributed by atoms with Gasteiger partial charge in [0.1, 0.15) is 12.1 Å². The van der Waals surface area contributed by atoms with Crippen LogP contribution in [0, 0.1) is 0 Å². The van der Waals surface area contributed by atoms with E-state index < -0.39 is 12.1 Å². The van der Waals surface area contributed by atoms with Gasteiger partial charge in [0.2, 0.25) is 11.8 Å². The average molecular weight is 294 g/mol. The third kappa shape index (κ3) is 2.92. The Labute approximate surface area is 124 Å². The Morgan fingerprint density at radius 1 is 1.24 bits per heavy atom. The molecule has 1 aromatic rings. The second kappa shape index (κ2) is 6.26. The fourth-order valence-electron chi connectivity index (χ4n) is 2.48. The van der Waals surface area contributed by atoms with Gasteiger partial charge in [-0.3, -0.25) is 9.59 Å². The maximum Gasteiger partial charge on any atom is 0.246 e. The van der Waals surface area contributed by atoms with Crippen molar-refractivity contribution in [3.63, 3.8) is 0 Å². The number of carbonyl (C=O) groups excluding carboxylic acids is 2. The first-order chi connectivity index (χ1) is 9.97. The summed E-state index contributed by atoms with van der Waals surface area (Å²) in [5.74, 6) is -0.0749. The number of nitrogens with zero attached hydrogens (tertiary/aromatic N) is 4. The SMILES string of the molecule is COCCn1cncc1CN1C(=O)[C@H](C)N(C)C(=O)[C@@H]1C. The van der Waals surface area contributed by atoms with Crippen molar-refractivity contribution in [2.75, 3.05) is 20.8 Å². The summed E-state index contributed by atoms with van der Waals surface area (Å²) in [6.45, 7) is 5.14. The number of likely N-dealkylation sites (N-methyl/N-ethyl adjacent to an activating group) is 1. The predicted molar refractivity (Wildman–Crippen MR) is 76.3 cm³/mol. The smallest absolute Gasteiger partial charge is 0.246 e. The summed E-state index contributed by atoms with van der Waals surface area (Å²) in [5.41, 5.74) is 0.900. The summed E-state index contributed by atoms with van der Waals surface area (Å²) < 4.78 is 7.00. The van der Waals surface area contributed by atoms with E-state index in [0.29, 0.717) is 19.7 Å². The second-order valence-corrected chi connectivity index (χ2v) is 5.34. The Bertz CT molecular complexity index is 528. The number of piperazine rings is 1. The third-order valence-electron chi connectivity index (χ3n) is 4.06. The fraction of sp³-hybridized carbons (Fsp3) is 0.643. The van der Waals surface area contributed by atoms with Gasteiger partial charge in [0.05, 0.1) is 25.2 Å². The lowest BCUT2D eigenvalue weighted by Gasteiger charge is -2.41. The van der Waals surface area contributed by atoms with Crippen molar-refractivity contribution in [2.45, 2.75) is 39.0 Å². The molecule has 7 heteroatoms. The van der Waals surface area contributed by atoms with Crippen molar-refractivity contribution in [2.24, 2.45) is 0 Å². The van der Waals surface area contributed by atoms with Gasteiger partial charge in [0.25, 0.3) is 0 Å². The van der Waals surface area contributed by atoms with Crippen LogP contribution in [0.4, 0.5) is 0 Å². The monoisotopic (exact) mass is 294 g/mol. The van der Waals surface area contributed by atoms with Gasteiger partial charge in [0, 0.05) is 26.9 Å². The molecule has 0 aliphatic carbocycles. The Morgan fingerprint density at radius 2 is 1.95 bits per heavy atom. The van der Waals surface area contributed by atoms with Gasteiger partial charge in [-0.2, -0.15) is 0 Å². The molecule has 7 nitrogen and oxygen atoms in total. The molecule has 1 aliphatic heterocycles. The molecular weight excluding hydrogens is 272 g/mol. The minimum absolute atomic E-state index is 0.0370. The predicted octanol–water partition coefficient (Wildman–Crippen LogP) is 0.107. The van der Waals surface area contributed by atoms with E-state index in [4.69, 9.17) is 4.74 Å². The molecule has 116 valence electrons. The lowest BCUT2D eigenvalue weighted by atomic mass is 10.1. The number of methoxy groups -OCH3 is 1. The molecule has 0 N–H and O–H groups in total. The minimum Gasteiger partial charge on any atom is -0.383 e. The largest absolute Gasteiger partial charge is 0.383 e. The van der Waals surface area contributed by atoms with Crippen molar-refractivity contribution in [1.82, 2.24) is 19.4 Å². The number of amides is 2. The lowest BCUT2D eigenvalue weighted by Crippen LogP contribution is -2.61. The van der Waals surface area contributed by atoms with Crippen LogP contribution in [0.3, 0.4) is 0 Å². The van der Waals surface area contributed by atoms with Crippen LogP contribution >= 0.6 is 0 Å². The number of imidazole rings is 1. The molecule has 2 rings (SSSR count). The van der Waals surface area contributed by atoms with Crippen LogP contribution in [0.25, 0.3) is 0 Å². The molecule has 21 heavy (non-hydrogen) atoms. The molecule has 2 amide bonds.